The van der Waals surface area contributed by atoms with E-state index in [-0.39, 0.29) is 24.6 Å². The number of hydrogen-bond donors (Lipinski definition) is 2. The van der Waals surface area contributed by atoms with Crippen LogP contribution in [0.1, 0.15) is 17.3 Å². The lowest BCUT2D eigenvalue weighted by Gasteiger charge is -2.34. The standard InChI is InChI=1S/C21H23N3O4/c1-15(20(25)22-17-7-8-18-19(13-17)28-14-27-18)23-9-11-24(12-10-23)21(26)16-5-3-2-4-6-16/h2-8,13,15H,9-12,14H2,1H3,(H,22,25)/p+1/t15-/m0/s1. The van der Waals surface area contributed by atoms with Gasteiger partial charge in [0, 0.05) is 17.3 Å². The zero-order chi connectivity index (χ0) is 19.5. The van der Waals surface area contributed by atoms with Crippen LogP contribution in [0.25, 0.3) is 0 Å². The molecule has 7 nitrogen and oxygen atoms in total. The summed E-state index contributed by atoms with van der Waals surface area (Å²) in [5, 5.41) is 2.95. The fraction of sp³-hybridized carbons (Fsp3) is 0.333. The van der Waals surface area contributed by atoms with Crippen molar-refractivity contribution in [1.82, 2.24) is 4.90 Å². The number of carbonyl (C=O) groups is 2. The van der Waals surface area contributed by atoms with E-state index in [4.69, 9.17) is 9.47 Å². The van der Waals surface area contributed by atoms with Crippen LogP contribution in [-0.2, 0) is 4.79 Å². The minimum atomic E-state index is -0.209. The molecule has 2 N–H and O–H groups in total. The van der Waals surface area contributed by atoms with E-state index in [0.717, 1.165) is 13.1 Å². The van der Waals surface area contributed by atoms with E-state index in [1.807, 2.05) is 48.2 Å². The average Bonchev–Trinajstić information content (AvgIpc) is 3.21. The van der Waals surface area contributed by atoms with Crippen LogP contribution >= 0.6 is 0 Å². The largest absolute Gasteiger partial charge is 0.454 e. The normalized spacial score (nSPS) is 17.2. The highest BCUT2D eigenvalue weighted by Gasteiger charge is 2.31. The molecule has 0 unspecified atom stereocenters. The molecule has 2 amide bonds. The summed E-state index contributed by atoms with van der Waals surface area (Å²) in [6, 6.07) is 14.5. The van der Waals surface area contributed by atoms with Crippen LogP contribution in [0.2, 0.25) is 0 Å². The maximum Gasteiger partial charge on any atom is 0.282 e. The lowest BCUT2D eigenvalue weighted by atomic mass is 10.1. The zero-order valence-corrected chi connectivity index (χ0v) is 15.8. The Morgan fingerprint density at radius 3 is 2.50 bits per heavy atom. The van der Waals surface area contributed by atoms with Crippen LogP contribution in [0.5, 0.6) is 11.5 Å². The maximum absolute atomic E-state index is 12.7. The summed E-state index contributed by atoms with van der Waals surface area (Å²) in [6.07, 6.45) is 0. The predicted octanol–water partition coefficient (Wildman–Crippen LogP) is 0.783. The van der Waals surface area contributed by atoms with Crippen molar-refractivity contribution in [3.63, 3.8) is 0 Å². The van der Waals surface area contributed by atoms with Gasteiger partial charge >= 0.3 is 0 Å². The Hall–Kier alpha value is -3.06. The van der Waals surface area contributed by atoms with Gasteiger partial charge in [-0.3, -0.25) is 9.59 Å². The van der Waals surface area contributed by atoms with Crippen molar-refractivity contribution >= 4 is 17.5 Å². The van der Waals surface area contributed by atoms with Crippen molar-refractivity contribution in [2.75, 3.05) is 38.3 Å². The molecule has 7 heteroatoms. The summed E-state index contributed by atoms with van der Waals surface area (Å²) in [5.74, 6) is 1.34. The van der Waals surface area contributed by atoms with E-state index in [2.05, 4.69) is 5.32 Å². The molecule has 0 bridgehead atoms. The first kappa shape index (κ1) is 18.3. The highest BCUT2D eigenvalue weighted by molar-refractivity contribution is 5.94. The third-order valence-corrected chi connectivity index (χ3v) is 5.36. The van der Waals surface area contributed by atoms with Gasteiger partial charge in [-0.1, -0.05) is 18.2 Å². The maximum atomic E-state index is 12.7. The van der Waals surface area contributed by atoms with Gasteiger partial charge in [0.05, 0.1) is 26.2 Å². The number of nitrogens with one attached hydrogen (secondary N) is 2. The molecule has 2 aromatic carbocycles. The average molecular weight is 382 g/mol. The number of benzene rings is 2. The van der Waals surface area contributed by atoms with Crippen LogP contribution in [0.15, 0.2) is 48.5 Å². The van der Waals surface area contributed by atoms with Crippen molar-refractivity contribution < 1.29 is 24.0 Å². The van der Waals surface area contributed by atoms with Crippen molar-refractivity contribution in [1.29, 1.82) is 0 Å². The summed E-state index contributed by atoms with van der Waals surface area (Å²) in [6.45, 7) is 4.91. The number of piperazine rings is 1. The number of fused-ring (bicyclic) bond motifs is 1. The molecule has 4 rings (SSSR count). The fourth-order valence-corrected chi connectivity index (χ4v) is 3.60. The Balaban J connectivity index is 1.31. The first-order valence-corrected chi connectivity index (χ1v) is 9.51. The molecule has 146 valence electrons. The highest BCUT2D eigenvalue weighted by atomic mass is 16.7. The smallest absolute Gasteiger partial charge is 0.282 e. The monoisotopic (exact) mass is 382 g/mol. The van der Waals surface area contributed by atoms with E-state index in [9.17, 15) is 9.59 Å². The van der Waals surface area contributed by atoms with Gasteiger partial charge in [-0.05, 0) is 31.2 Å². The van der Waals surface area contributed by atoms with E-state index < -0.39 is 0 Å². The van der Waals surface area contributed by atoms with Gasteiger partial charge in [0.25, 0.3) is 11.8 Å². The van der Waals surface area contributed by atoms with Crippen LogP contribution in [0, 0.1) is 0 Å². The number of ether oxygens (including phenoxy) is 2. The van der Waals surface area contributed by atoms with Crippen LogP contribution in [0.3, 0.4) is 0 Å². The number of carbonyl (C=O) groups excluding carboxylic acids is 2. The van der Waals surface area contributed by atoms with Crippen LogP contribution in [-0.4, -0.2) is 55.7 Å². The quantitative estimate of drug-likeness (QED) is 0.820. The lowest BCUT2D eigenvalue weighted by molar-refractivity contribution is -0.917. The minimum absolute atomic E-state index is 0.0447. The van der Waals surface area contributed by atoms with E-state index in [0.29, 0.717) is 35.8 Å². The summed E-state index contributed by atoms with van der Waals surface area (Å²) < 4.78 is 10.6. The molecule has 28 heavy (non-hydrogen) atoms. The molecule has 1 fully saturated rings. The second-order valence-electron chi connectivity index (χ2n) is 7.10. The Morgan fingerprint density at radius 2 is 1.75 bits per heavy atom. The van der Waals surface area contributed by atoms with Gasteiger partial charge in [0.2, 0.25) is 6.79 Å². The Kier molecular flexibility index (Phi) is 5.16. The van der Waals surface area contributed by atoms with Gasteiger partial charge in [0.1, 0.15) is 0 Å². The number of quaternary nitrogens is 1. The van der Waals surface area contributed by atoms with Crippen molar-refractivity contribution in [2.45, 2.75) is 13.0 Å². The number of anilines is 1. The first-order chi connectivity index (χ1) is 13.6. The van der Waals surface area contributed by atoms with E-state index in [1.54, 1.807) is 12.1 Å². The van der Waals surface area contributed by atoms with Crippen LogP contribution in [0.4, 0.5) is 5.69 Å². The molecule has 2 heterocycles. The first-order valence-electron chi connectivity index (χ1n) is 9.51. The molecule has 0 radical (unpaired) electrons. The number of nitrogens with zero attached hydrogens (tertiary/aromatic N) is 1. The van der Waals surface area contributed by atoms with Gasteiger partial charge in [0.15, 0.2) is 17.5 Å². The van der Waals surface area contributed by atoms with Gasteiger partial charge in [-0.2, -0.15) is 0 Å². The topological polar surface area (TPSA) is 72.3 Å². The number of rotatable bonds is 4. The summed E-state index contributed by atoms with van der Waals surface area (Å²) >= 11 is 0. The summed E-state index contributed by atoms with van der Waals surface area (Å²) in [5.41, 5.74) is 1.40. The molecular formula is C21H24N3O4+. The molecule has 0 saturated carbocycles. The van der Waals surface area contributed by atoms with Crippen molar-refractivity contribution in [3.8, 4) is 11.5 Å². The van der Waals surface area contributed by atoms with Gasteiger partial charge in [-0.15, -0.1) is 0 Å². The third-order valence-electron chi connectivity index (χ3n) is 5.36. The Labute approximate surface area is 163 Å². The predicted molar refractivity (Wildman–Crippen MR) is 104 cm³/mol. The molecule has 1 atom stereocenters. The number of hydrogen-bond acceptors (Lipinski definition) is 4. The van der Waals surface area contributed by atoms with Gasteiger partial charge in [-0.25, -0.2) is 0 Å². The Morgan fingerprint density at radius 1 is 1.04 bits per heavy atom. The minimum Gasteiger partial charge on any atom is -0.454 e. The molecule has 2 aliphatic rings. The molecule has 2 aromatic rings. The molecule has 0 spiro atoms. The summed E-state index contributed by atoms with van der Waals surface area (Å²) in [4.78, 5) is 28.3. The molecule has 1 saturated heterocycles. The van der Waals surface area contributed by atoms with E-state index in [1.165, 1.54) is 4.90 Å². The molecule has 0 aromatic heterocycles. The lowest BCUT2D eigenvalue weighted by Crippen LogP contribution is -3.19. The molecular weight excluding hydrogens is 358 g/mol. The SMILES string of the molecule is C[C@@H](C(=O)Nc1ccc2c(c1)OCO2)[NH+]1CCN(C(=O)c2ccccc2)CC1. The summed E-state index contributed by atoms with van der Waals surface area (Å²) in [7, 11) is 0. The molecule has 2 aliphatic heterocycles. The zero-order valence-electron chi connectivity index (χ0n) is 15.8. The van der Waals surface area contributed by atoms with Crippen molar-refractivity contribution in [2.24, 2.45) is 0 Å². The van der Waals surface area contributed by atoms with Crippen LogP contribution < -0.4 is 19.7 Å². The van der Waals surface area contributed by atoms with E-state index >= 15 is 0 Å². The fourth-order valence-electron chi connectivity index (χ4n) is 3.60. The van der Waals surface area contributed by atoms with Crippen molar-refractivity contribution in [3.05, 3.63) is 54.1 Å². The second kappa shape index (κ2) is 7.90. The highest BCUT2D eigenvalue weighted by Crippen LogP contribution is 2.34. The second-order valence-corrected chi connectivity index (χ2v) is 7.10. The van der Waals surface area contributed by atoms with Gasteiger partial charge < -0.3 is 24.6 Å². The number of amides is 2. The molecule has 0 aliphatic carbocycles. The Bertz CT molecular complexity index is 863. The third kappa shape index (κ3) is 3.80.